The van der Waals surface area contributed by atoms with Crippen LogP contribution in [0.4, 0.5) is 0 Å². The van der Waals surface area contributed by atoms with Crippen LogP contribution < -0.4 is 233 Å². The van der Waals surface area contributed by atoms with Crippen LogP contribution in [0, 0.1) is 13.1 Å². The molecule has 0 saturated heterocycles. The van der Waals surface area contributed by atoms with Crippen LogP contribution in [0.15, 0.2) is 136 Å². The molecule has 2 aliphatic heterocycles. The molecule has 0 bridgehead atoms. The van der Waals surface area contributed by atoms with Gasteiger partial charge in [-0.05, 0) is 37.7 Å². The monoisotopic (exact) mass is 1020 g/mol. The van der Waals surface area contributed by atoms with Gasteiger partial charge in [0.15, 0.2) is 0 Å². The van der Waals surface area contributed by atoms with Crippen LogP contribution >= 0.6 is 0 Å². The standard InChI is InChI=1S/C12H13N3.C11H10N3.C10H8N3.3C2H6.2H2N.4Rb/c1-9-12(11-7-5-4-6-8-11)14-15(3)10(2)13-9;1-9-12-8-11(13-14(9)2)10-6-4-3-5-7-10;1-8-11-7-10(13-12-8)9-5-3-2-4-6-9;3*1-2;;;;;;/h4-8H,1H2,2-3H3;3-7H,1H2,2H3;2-6H,1H3;3*1-2H3;2*1H2;;;;/q;2*-1;;;;2*-1;4*+1. The van der Waals surface area contributed by atoms with Crippen LogP contribution in [-0.2, 0) is 0 Å². The van der Waals surface area contributed by atoms with Gasteiger partial charge >= 0.3 is 233 Å². The van der Waals surface area contributed by atoms with Crippen molar-refractivity contribution >= 4 is 23.5 Å². The fraction of sp³-hybridized carbons (Fsp3) is 0.256. The number of amidine groups is 1. The van der Waals surface area contributed by atoms with Gasteiger partial charge in [0, 0.05) is 31.3 Å². The van der Waals surface area contributed by atoms with E-state index in [4.69, 9.17) is 0 Å². The van der Waals surface area contributed by atoms with E-state index in [2.05, 4.69) is 60.9 Å². The Hall–Kier alpha value is 1.57. The first-order valence-corrected chi connectivity index (χ1v) is 16.1. The first-order chi connectivity index (χ1) is 23.3. The van der Waals surface area contributed by atoms with E-state index >= 15 is 0 Å². The van der Waals surface area contributed by atoms with Crippen molar-refractivity contribution in [2.75, 3.05) is 14.1 Å². The van der Waals surface area contributed by atoms with Crippen molar-refractivity contribution in [1.29, 1.82) is 0 Å². The molecule has 0 saturated carbocycles. The summed E-state index contributed by atoms with van der Waals surface area (Å²) >= 11 is 0. The fourth-order valence-corrected chi connectivity index (χ4v) is 3.58. The maximum Gasteiger partial charge on any atom is 1.00 e. The number of allylic oxidation sites excluding steroid dienone is 1. The molecule has 6 rings (SSSR count). The van der Waals surface area contributed by atoms with Crippen LogP contribution in [0.25, 0.3) is 23.6 Å². The Labute approximate surface area is 521 Å². The van der Waals surface area contributed by atoms with Gasteiger partial charge in [-0.2, -0.15) is 10.2 Å². The molecule has 4 aromatic rings. The summed E-state index contributed by atoms with van der Waals surface area (Å²) in [6, 6.07) is 29.6. The number of hydrazone groups is 2. The van der Waals surface area contributed by atoms with E-state index in [9.17, 15) is 0 Å². The number of rotatable bonds is 3. The van der Waals surface area contributed by atoms with Crippen molar-refractivity contribution in [3.05, 3.63) is 151 Å². The van der Waals surface area contributed by atoms with Crippen molar-refractivity contribution in [3.8, 4) is 11.3 Å². The van der Waals surface area contributed by atoms with Crippen LogP contribution in [0.5, 0.6) is 0 Å². The molecule has 11 nitrogen and oxygen atoms in total. The number of aryl methyl sites for hydroxylation is 1. The predicted molar refractivity (Wildman–Crippen MR) is 214 cm³/mol. The zero-order valence-electron chi connectivity index (χ0n) is 35.3. The predicted octanol–water partition coefficient (Wildman–Crippen LogP) is -1.80. The van der Waals surface area contributed by atoms with E-state index < -0.39 is 0 Å². The maximum absolute atomic E-state index is 4.43. The second-order valence-corrected chi connectivity index (χ2v) is 9.11. The minimum atomic E-state index is 0. The van der Waals surface area contributed by atoms with Gasteiger partial charge in [0.1, 0.15) is 11.5 Å². The molecule has 3 heterocycles. The first-order valence-electron chi connectivity index (χ1n) is 16.1. The number of benzene rings is 3. The van der Waals surface area contributed by atoms with E-state index in [1.807, 2.05) is 154 Å². The second-order valence-electron chi connectivity index (χ2n) is 9.11. The molecule has 2 aliphatic rings. The van der Waals surface area contributed by atoms with Gasteiger partial charge in [-0.1, -0.05) is 126 Å². The number of nitrogens with zero attached hydrogens (tertiary/aromatic N) is 9. The molecule has 0 aliphatic carbocycles. The Kier molecular flexibility index (Phi) is 51.5. The normalized spacial score (nSPS) is 11.3. The van der Waals surface area contributed by atoms with Crippen molar-refractivity contribution in [2.24, 2.45) is 20.2 Å². The van der Waals surface area contributed by atoms with Crippen LogP contribution in [-0.4, -0.2) is 62.8 Å². The summed E-state index contributed by atoms with van der Waals surface area (Å²) in [4.78, 5) is 12.3. The van der Waals surface area contributed by atoms with Crippen LogP contribution in [0.3, 0.4) is 0 Å². The van der Waals surface area contributed by atoms with Crippen molar-refractivity contribution in [3.63, 3.8) is 0 Å². The molecule has 54 heavy (non-hydrogen) atoms. The molecule has 0 atom stereocenters. The third kappa shape index (κ3) is 25.3. The van der Waals surface area contributed by atoms with Gasteiger partial charge in [-0.15, -0.1) is 30.8 Å². The van der Waals surface area contributed by atoms with Crippen molar-refractivity contribution in [1.82, 2.24) is 25.2 Å². The molecule has 1 aromatic heterocycles. The average molecular weight is 1020 g/mol. The Bertz CT molecular complexity index is 1650. The van der Waals surface area contributed by atoms with Crippen molar-refractivity contribution < 1.29 is 233 Å². The Balaban J connectivity index is -0.000000142. The first kappa shape index (κ1) is 67.3. The largest absolute Gasteiger partial charge is 1.00 e. The summed E-state index contributed by atoms with van der Waals surface area (Å²) in [5, 5.41) is 20.0. The summed E-state index contributed by atoms with van der Waals surface area (Å²) in [6.07, 6.45) is 5.68. The molecular formula is C39H53N11Rb4. The number of hydrogen-bond acceptors (Lipinski definition) is 9. The number of hydrogen-bond donors (Lipinski definition) is 0. The molecule has 0 spiro atoms. The minimum absolute atomic E-state index is 0. The summed E-state index contributed by atoms with van der Waals surface area (Å²) in [5.74, 6) is 2.10. The fourth-order valence-electron chi connectivity index (χ4n) is 3.58. The van der Waals surface area contributed by atoms with Gasteiger partial charge < -0.3 is 27.3 Å². The molecule has 0 unspecified atom stereocenters. The molecule has 3 aromatic carbocycles. The third-order valence-corrected chi connectivity index (χ3v) is 5.96. The molecule has 4 N–H and O–H groups in total. The van der Waals surface area contributed by atoms with E-state index in [0.29, 0.717) is 17.3 Å². The summed E-state index contributed by atoms with van der Waals surface area (Å²) in [5.41, 5.74) is 6.02. The summed E-state index contributed by atoms with van der Waals surface area (Å²) < 4.78 is 0. The maximum atomic E-state index is 4.43. The zero-order chi connectivity index (χ0) is 35.9. The van der Waals surface area contributed by atoms with Gasteiger partial charge in [0.2, 0.25) is 0 Å². The van der Waals surface area contributed by atoms with Gasteiger partial charge in [0.05, 0.1) is 5.70 Å². The molecule has 0 radical (unpaired) electrons. The Morgan fingerprint density at radius 2 is 1.02 bits per heavy atom. The molecule has 15 heteroatoms. The zero-order valence-corrected chi connectivity index (χ0v) is 54.9. The topological polar surface area (TPSA) is 162 Å². The van der Waals surface area contributed by atoms with Gasteiger partial charge in [-0.3, -0.25) is 5.01 Å². The second kappa shape index (κ2) is 41.3. The van der Waals surface area contributed by atoms with Crippen LogP contribution in [0.1, 0.15) is 65.4 Å². The molecule has 268 valence electrons. The number of aliphatic imine (C=N–C) groups is 2. The molecule has 0 fully saturated rings. The van der Waals surface area contributed by atoms with Gasteiger partial charge in [0.25, 0.3) is 0 Å². The number of aromatic nitrogens is 3. The molecular weight excluding hydrogens is 964 g/mol. The third-order valence-electron chi connectivity index (χ3n) is 5.96. The number of nitrogens with two attached hydrogens (primary N) is 2. The van der Waals surface area contributed by atoms with E-state index in [0.717, 1.165) is 39.6 Å². The average Bonchev–Trinajstić information content (AvgIpc) is 3.15. The SMILES string of the molecule is C=C1N=C(C)N(C)N=C1c1ccccc1.C=C1N=[C-]C(c2ccccc2)=NN1C.CC.CC.CC.Cc1n[c-]c(-c2ccccc2)nn1.[NH2-].[NH2-].[Rb+].[Rb+].[Rb+].[Rb+]. The van der Waals surface area contributed by atoms with Crippen molar-refractivity contribution in [2.45, 2.75) is 55.4 Å². The van der Waals surface area contributed by atoms with Crippen LogP contribution in [0.2, 0.25) is 0 Å². The summed E-state index contributed by atoms with van der Waals surface area (Å²) in [7, 11) is 3.70. The quantitative estimate of drug-likeness (QED) is 0.221. The van der Waals surface area contributed by atoms with E-state index in [-0.39, 0.29) is 245 Å². The summed E-state index contributed by atoms with van der Waals surface area (Å²) in [6.45, 7) is 23.3. The molecule has 0 amide bonds. The Morgan fingerprint density at radius 1 is 0.574 bits per heavy atom. The Morgan fingerprint density at radius 3 is 1.44 bits per heavy atom. The van der Waals surface area contributed by atoms with E-state index in [1.165, 1.54) is 0 Å². The smallest absolute Gasteiger partial charge is 0.693 e. The van der Waals surface area contributed by atoms with Gasteiger partial charge in [-0.25, -0.2) is 15.2 Å². The minimum Gasteiger partial charge on any atom is -0.693 e. The van der Waals surface area contributed by atoms with E-state index in [1.54, 1.807) is 16.9 Å².